The van der Waals surface area contributed by atoms with E-state index in [-0.39, 0.29) is 19.8 Å². The third-order valence-corrected chi connectivity index (χ3v) is 6.83. The van der Waals surface area contributed by atoms with Gasteiger partial charge in [0.25, 0.3) is 0 Å². The maximum atomic E-state index is 13.1. The second-order valence-corrected chi connectivity index (χ2v) is 9.82. The molecule has 1 heterocycles. The molecule has 0 saturated carbocycles. The summed E-state index contributed by atoms with van der Waals surface area (Å²) in [7, 11) is 0. The minimum absolute atomic E-state index is 0.135. The van der Waals surface area contributed by atoms with Crippen LogP contribution < -0.4 is 0 Å². The minimum Gasteiger partial charge on any atom is -0.450 e. The molecule has 0 spiro atoms. The van der Waals surface area contributed by atoms with Crippen LogP contribution in [-0.4, -0.2) is 48.4 Å². The summed E-state index contributed by atoms with van der Waals surface area (Å²) in [6.45, 7) is 0.991. The predicted molar refractivity (Wildman–Crippen MR) is 153 cm³/mol. The number of aliphatic hydroxyl groups excluding tert-OH is 1. The molecule has 0 aliphatic carbocycles. The molecule has 5 unspecified atom stereocenters. The van der Waals surface area contributed by atoms with Crippen molar-refractivity contribution in [3.05, 3.63) is 144 Å². The molecule has 212 valence electrons. The summed E-state index contributed by atoms with van der Waals surface area (Å²) in [4.78, 5) is 13.1. The molecular weight excluding hydrogens is 520 g/mol. The van der Waals surface area contributed by atoms with Crippen molar-refractivity contribution in [2.45, 2.75) is 50.5 Å². The number of esters is 1. The molecule has 4 aromatic carbocycles. The van der Waals surface area contributed by atoms with Crippen molar-refractivity contribution in [3.8, 4) is 0 Å². The van der Waals surface area contributed by atoms with E-state index in [0.29, 0.717) is 12.2 Å². The average molecular weight is 555 g/mol. The molecule has 1 N–H and O–H groups in total. The lowest BCUT2D eigenvalue weighted by Gasteiger charge is -2.44. The van der Waals surface area contributed by atoms with Crippen LogP contribution in [0, 0.1) is 0 Å². The molecule has 1 aliphatic rings. The van der Waals surface area contributed by atoms with Gasteiger partial charge in [-0.05, 0) is 28.8 Å². The quantitative estimate of drug-likeness (QED) is 0.238. The van der Waals surface area contributed by atoms with Crippen LogP contribution in [0.1, 0.15) is 27.0 Å². The third-order valence-electron chi connectivity index (χ3n) is 6.83. The monoisotopic (exact) mass is 554 g/mol. The second kappa shape index (κ2) is 14.7. The Morgan fingerprint density at radius 2 is 1.07 bits per heavy atom. The van der Waals surface area contributed by atoms with Crippen LogP contribution in [0.2, 0.25) is 0 Å². The van der Waals surface area contributed by atoms with Gasteiger partial charge in [0.2, 0.25) is 0 Å². The molecule has 41 heavy (non-hydrogen) atoms. The van der Waals surface area contributed by atoms with Gasteiger partial charge >= 0.3 is 5.97 Å². The number of aliphatic hydroxyl groups is 1. The van der Waals surface area contributed by atoms with Crippen LogP contribution in [0.5, 0.6) is 0 Å². The van der Waals surface area contributed by atoms with Gasteiger partial charge in [-0.2, -0.15) is 0 Å². The summed E-state index contributed by atoms with van der Waals surface area (Å²) < 4.78 is 30.7. The first kappa shape index (κ1) is 28.7. The summed E-state index contributed by atoms with van der Waals surface area (Å²) in [5, 5.41) is 11.1. The Labute approximate surface area is 240 Å². The van der Waals surface area contributed by atoms with Crippen LogP contribution in [-0.2, 0) is 43.5 Å². The zero-order valence-electron chi connectivity index (χ0n) is 22.7. The lowest BCUT2D eigenvalue weighted by atomic mass is 9.98. The molecular formula is C34H34O7. The van der Waals surface area contributed by atoms with Gasteiger partial charge in [0.05, 0.1) is 32.0 Å². The molecule has 5 rings (SSSR count). The topological polar surface area (TPSA) is 83.5 Å². The van der Waals surface area contributed by atoms with Crippen LogP contribution in [0.15, 0.2) is 121 Å². The van der Waals surface area contributed by atoms with Crippen molar-refractivity contribution >= 4 is 5.97 Å². The maximum absolute atomic E-state index is 13.1. The SMILES string of the molecule is O=C(OC1C(O)OC(COCc2ccccc2)C(OCc2ccccc2)C1OCc1ccccc1)c1ccccc1. The first-order chi connectivity index (χ1) is 20.2. The molecule has 0 aromatic heterocycles. The van der Waals surface area contributed by atoms with Crippen LogP contribution >= 0.6 is 0 Å². The number of carbonyl (C=O) groups excluding carboxylic acids is 1. The van der Waals surface area contributed by atoms with E-state index in [1.165, 1.54) is 0 Å². The molecule has 5 atom stereocenters. The Kier molecular flexibility index (Phi) is 10.3. The molecule has 7 heteroatoms. The Hall–Kier alpha value is -3.85. The van der Waals surface area contributed by atoms with Crippen molar-refractivity contribution in [2.24, 2.45) is 0 Å². The number of rotatable bonds is 12. The number of carbonyl (C=O) groups is 1. The zero-order valence-corrected chi connectivity index (χ0v) is 22.7. The lowest BCUT2D eigenvalue weighted by molar-refractivity contribution is -0.306. The van der Waals surface area contributed by atoms with Gasteiger partial charge in [0.1, 0.15) is 18.3 Å². The van der Waals surface area contributed by atoms with E-state index in [9.17, 15) is 9.90 Å². The van der Waals surface area contributed by atoms with Crippen LogP contribution in [0.4, 0.5) is 0 Å². The van der Waals surface area contributed by atoms with Crippen molar-refractivity contribution in [2.75, 3.05) is 6.61 Å². The highest BCUT2D eigenvalue weighted by atomic mass is 16.7. The Morgan fingerprint density at radius 1 is 0.610 bits per heavy atom. The number of hydrogen-bond donors (Lipinski definition) is 1. The summed E-state index contributed by atoms with van der Waals surface area (Å²) in [5.41, 5.74) is 3.26. The predicted octanol–water partition coefficient (Wildman–Crippen LogP) is 5.32. The summed E-state index contributed by atoms with van der Waals surface area (Å²) >= 11 is 0. The van der Waals surface area contributed by atoms with Crippen molar-refractivity contribution in [1.82, 2.24) is 0 Å². The van der Waals surface area contributed by atoms with Crippen molar-refractivity contribution in [3.63, 3.8) is 0 Å². The van der Waals surface area contributed by atoms with Crippen LogP contribution in [0.25, 0.3) is 0 Å². The first-order valence-corrected chi connectivity index (χ1v) is 13.7. The molecule has 1 aliphatic heterocycles. The number of hydrogen-bond acceptors (Lipinski definition) is 7. The molecule has 7 nitrogen and oxygen atoms in total. The van der Waals surface area contributed by atoms with E-state index in [1.54, 1.807) is 24.3 Å². The zero-order chi connectivity index (χ0) is 28.3. The molecule has 0 bridgehead atoms. The van der Waals surface area contributed by atoms with E-state index >= 15 is 0 Å². The molecule has 0 radical (unpaired) electrons. The normalized spacial score (nSPS) is 22.2. The highest BCUT2D eigenvalue weighted by Gasteiger charge is 2.49. The average Bonchev–Trinajstić information content (AvgIpc) is 3.02. The van der Waals surface area contributed by atoms with Gasteiger partial charge in [0.15, 0.2) is 12.4 Å². The molecule has 1 saturated heterocycles. The highest BCUT2D eigenvalue weighted by molar-refractivity contribution is 5.89. The smallest absolute Gasteiger partial charge is 0.338 e. The fourth-order valence-corrected chi connectivity index (χ4v) is 4.71. The van der Waals surface area contributed by atoms with E-state index < -0.39 is 36.7 Å². The maximum Gasteiger partial charge on any atom is 0.338 e. The van der Waals surface area contributed by atoms with Crippen molar-refractivity contribution < 1.29 is 33.6 Å². The number of benzene rings is 4. The fraction of sp³-hybridized carbons (Fsp3) is 0.265. The largest absolute Gasteiger partial charge is 0.450 e. The number of ether oxygens (including phenoxy) is 5. The van der Waals surface area contributed by atoms with E-state index in [0.717, 1.165) is 16.7 Å². The summed E-state index contributed by atoms with van der Waals surface area (Å²) in [6, 6.07) is 37.8. The Bertz CT molecular complexity index is 1320. The standard InChI is InChI=1S/C34H34O7/c35-33(28-19-11-4-12-20-28)41-32-31(39-23-27-17-9-3-10-18-27)30(38-22-26-15-7-2-8-16-26)29(40-34(32)36)24-37-21-25-13-5-1-6-14-25/h1-20,29-32,34,36H,21-24H2. The van der Waals surface area contributed by atoms with Gasteiger partial charge in [-0.1, -0.05) is 109 Å². The Balaban J connectivity index is 1.39. The van der Waals surface area contributed by atoms with Gasteiger partial charge in [-0.25, -0.2) is 4.79 Å². The van der Waals surface area contributed by atoms with Crippen molar-refractivity contribution in [1.29, 1.82) is 0 Å². The van der Waals surface area contributed by atoms with Crippen LogP contribution in [0.3, 0.4) is 0 Å². The van der Waals surface area contributed by atoms with E-state index in [1.807, 2.05) is 97.1 Å². The molecule has 4 aromatic rings. The molecule has 1 fully saturated rings. The molecule has 0 amide bonds. The Morgan fingerprint density at radius 3 is 1.61 bits per heavy atom. The van der Waals surface area contributed by atoms with E-state index in [4.69, 9.17) is 23.7 Å². The first-order valence-electron chi connectivity index (χ1n) is 13.7. The third kappa shape index (κ3) is 8.10. The van der Waals surface area contributed by atoms with Gasteiger partial charge in [-0.15, -0.1) is 0 Å². The minimum atomic E-state index is -1.45. The second-order valence-electron chi connectivity index (χ2n) is 9.82. The van der Waals surface area contributed by atoms with E-state index in [2.05, 4.69) is 0 Å². The van der Waals surface area contributed by atoms with Gasteiger partial charge in [0, 0.05) is 0 Å². The highest BCUT2D eigenvalue weighted by Crippen LogP contribution is 2.30. The lowest BCUT2D eigenvalue weighted by Crippen LogP contribution is -2.61. The fourth-order valence-electron chi connectivity index (χ4n) is 4.71. The summed E-state index contributed by atoms with van der Waals surface area (Å²) in [6.07, 6.45) is -4.85. The van der Waals surface area contributed by atoms with Gasteiger partial charge < -0.3 is 28.8 Å². The summed E-state index contributed by atoms with van der Waals surface area (Å²) in [5.74, 6) is -0.591. The van der Waals surface area contributed by atoms with Gasteiger partial charge in [-0.3, -0.25) is 0 Å².